The van der Waals surface area contributed by atoms with Crippen LogP contribution in [0.25, 0.3) is 11.2 Å². The zero-order valence-corrected chi connectivity index (χ0v) is 16.5. The van der Waals surface area contributed by atoms with Gasteiger partial charge < -0.3 is 18.9 Å². The average Bonchev–Trinajstić information content (AvgIpc) is 3.29. The first-order chi connectivity index (χ1) is 14.7. The van der Waals surface area contributed by atoms with Crippen molar-refractivity contribution in [3.8, 4) is 0 Å². The number of ether oxygens (including phenoxy) is 4. The lowest BCUT2D eigenvalue weighted by Gasteiger charge is -2.22. The topological polar surface area (TPSA) is 181 Å². The number of fused-ring (bicyclic) bond motifs is 2. The maximum absolute atomic E-state index is 12.3. The molecule has 0 bridgehead atoms. The van der Waals surface area contributed by atoms with Gasteiger partial charge in [0, 0.05) is 20.8 Å². The number of carbonyl (C=O) groups excluding carboxylic acids is 4. The van der Waals surface area contributed by atoms with Crippen LogP contribution in [0.1, 0.15) is 27.0 Å². The van der Waals surface area contributed by atoms with Crippen LogP contribution in [0.5, 0.6) is 0 Å². The van der Waals surface area contributed by atoms with Crippen molar-refractivity contribution in [3.05, 3.63) is 16.7 Å². The minimum Gasteiger partial charge on any atom is -0.454 e. The molecule has 2 fully saturated rings. The van der Waals surface area contributed by atoms with Crippen LogP contribution in [-0.4, -0.2) is 67.7 Å². The minimum atomic E-state index is -1.35. The quantitative estimate of drug-likeness (QED) is 0.433. The molecule has 2 aliphatic heterocycles. The minimum absolute atomic E-state index is 0.0185. The number of rotatable bonds is 4. The van der Waals surface area contributed by atoms with E-state index in [1.807, 2.05) is 0 Å². The first-order valence-corrected chi connectivity index (χ1v) is 9.10. The molecule has 0 radical (unpaired) electrons. The van der Waals surface area contributed by atoms with Crippen LogP contribution < -0.4 is 10.9 Å². The molecular formula is C17H17N5O9. The number of carbonyl (C=O) groups is 4. The fourth-order valence-corrected chi connectivity index (χ4v) is 3.55. The fraction of sp³-hybridized carbons (Fsp3) is 0.471. The van der Waals surface area contributed by atoms with Crippen LogP contribution in [0.4, 0.5) is 5.95 Å². The summed E-state index contributed by atoms with van der Waals surface area (Å²) in [6.07, 6.45) is -4.52. The van der Waals surface area contributed by atoms with Crippen molar-refractivity contribution in [3.63, 3.8) is 0 Å². The Morgan fingerprint density at radius 3 is 2.48 bits per heavy atom. The molecule has 5 atom stereocenters. The van der Waals surface area contributed by atoms with E-state index in [0.717, 1.165) is 13.8 Å². The first kappa shape index (κ1) is 20.5. The summed E-state index contributed by atoms with van der Waals surface area (Å²) in [5.41, 5.74) is -0.672. The van der Waals surface area contributed by atoms with Crippen LogP contribution in [0, 0.1) is 0 Å². The highest BCUT2D eigenvalue weighted by molar-refractivity contribution is 5.87. The Hall–Kier alpha value is -3.81. The van der Waals surface area contributed by atoms with Gasteiger partial charge in [-0.3, -0.25) is 34.0 Å². The van der Waals surface area contributed by atoms with Crippen molar-refractivity contribution in [1.82, 2.24) is 19.5 Å². The highest BCUT2D eigenvalue weighted by atomic mass is 16.7. The summed E-state index contributed by atoms with van der Waals surface area (Å²) < 4.78 is 22.8. The maximum Gasteiger partial charge on any atom is 0.350 e. The van der Waals surface area contributed by atoms with Gasteiger partial charge in [-0.1, -0.05) is 0 Å². The van der Waals surface area contributed by atoms with Crippen molar-refractivity contribution < 1.29 is 38.1 Å². The lowest BCUT2D eigenvalue weighted by molar-refractivity contribution is -0.174. The Balaban J connectivity index is 1.76. The summed E-state index contributed by atoms with van der Waals surface area (Å²) in [4.78, 5) is 69.4. The first-order valence-electron chi connectivity index (χ1n) is 9.10. The van der Waals surface area contributed by atoms with Crippen LogP contribution in [-0.2, 0) is 38.1 Å². The number of nitrogens with zero attached hydrogens (tertiary/aromatic N) is 3. The molecule has 5 unspecified atom stereocenters. The summed E-state index contributed by atoms with van der Waals surface area (Å²) in [7, 11) is 0. The number of anilines is 1. The van der Waals surface area contributed by atoms with E-state index in [1.54, 1.807) is 0 Å². The van der Waals surface area contributed by atoms with Crippen molar-refractivity contribution in [1.29, 1.82) is 0 Å². The van der Waals surface area contributed by atoms with E-state index >= 15 is 0 Å². The van der Waals surface area contributed by atoms with Gasteiger partial charge in [0.15, 0.2) is 29.6 Å². The molecule has 31 heavy (non-hydrogen) atoms. The normalized spacial score (nSPS) is 26.9. The largest absolute Gasteiger partial charge is 0.454 e. The molecule has 2 aromatic rings. The third-order valence-corrected chi connectivity index (χ3v) is 4.60. The number of hydrogen-bond acceptors (Lipinski definition) is 11. The monoisotopic (exact) mass is 435 g/mol. The summed E-state index contributed by atoms with van der Waals surface area (Å²) >= 11 is 0. The van der Waals surface area contributed by atoms with Gasteiger partial charge in [0.2, 0.25) is 18.0 Å². The lowest BCUT2D eigenvalue weighted by Crippen LogP contribution is -2.36. The van der Waals surface area contributed by atoms with Crippen LogP contribution in [0.3, 0.4) is 0 Å². The lowest BCUT2D eigenvalue weighted by atomic mass is 10.1. The average molecular weight is 435 g/mol. The predicted octanol–water partition coefficient (Wildman–Crippen LogP) is -1.24. The van der Waals surface area contributed by atoms with Gasteiger partial charge in [-0.25, -0.2) is 9.78 Å². The fourth-order valence-electron chi connectivity index (χ4n) is 3.55. The molecule has 2 aromatic heterocycles. The molecule has 164 valence electrons. The van der Waals surface area contributed by atoms with E-state index in [9.17, 15) is 24.0 Å². The van der Waals surface area contributed by atoms with E-state index in [0.29, 0.717) is 0 Å². The highest BCUT2D eigenvalue weighted by Gasteiger charge is 2.61. The van der Waals surface area contributed by atoms with E-state index in [1.165, 1.54) is 17.8 Å². The summed E-state index contributed by atoms with van der Waals surface area (Å²) in [5, 5.41) is 2.36. The van der Waals surface area contributed by atoms with Crippen molar-refractivity contribution in [2.75, 3.05) is 5.32 Å². The number of esters is 3. The van der Waals surface area contributed by atoms with Gasteiger partial charge in [0.25, 0.3) is 5.56 Å². The molecule has 0 aliphatic carbocycles. The number of nitrogens with one attached hydrogen (secondary N) is 2. The molecule has 2 N–H and O–H groups in total. The molecule has 4 rings (SSSR count). The van der Waals surface area contributed by atoms with Crippen molar-refractivity contribution in [2.45, 2.75) is 51.4 Å². The van der Waals surface area contributed by atoms with Gasteiger partial charge in [-0.15, -0.1) is 0 Å². The van der Waals surface area contributed by atoms with Crippen LogP contribution in [0.2, 0.25) is 0 Å². The molecule has 4 heterocycles. The molecule has 0 saturated carbocycles. The van der Waals surface area contributed by atoms with E-state index in [4.69, 9.17) is 18.9 Å². The van der Waals surface area contributed by atoms with Gasteiger partial charge in [0.05, 0.1) is 6.33 Å². The third-order valence-electron chi connectivity index (χ3n) is 4.60. The summed E-state index contributed by atoms with van der Waals surface area (Å²) in [5.74, 6) is -2.83. The third kappa shape index (κ3) is 3.61. The van der Waals surface area contributed by atoms with Crippen molar-refractivity contribution in [2.24, 2.45) is 0 Å². The zero-order chi connectivity index (χ0) is 22.4. The van der Waals surface area contributed by atoms with Crippen molar-refractivity contribution >= 4 is 40.9 Å². The smallest absolute Gasteiger partial charge is 0.350 e. The second kappa shape index (κ2) is 7.46. The molecule has 0 aromatic carbocycles. The summed E-state index contributed by atoms with van der Waals surface area (Å²) in [6, 6.07) is 0. The number of H-pyrrole nitrogens is 1. The van der Waals surface area contributed by atoms with E-state index in [-0.39, 0.29) is 17.1 Å². The van der Waals surface area contributed by atoms with Gasteiger partial charge in [-0.2, -0.15) is 4.98 Å². The number of hydrogen-bond donors (Lipinski definition) is 2. The second-order valence-electron chi connectivity index (χ2n) is 6.92. The highest BCUT2D eigenvalue weighted by Crippen LogP contribution is 2.41. The van der Waals surface area contributed by atoms with Gasteiger partial charge in [0.1, 0.15) is 6.10 Å². The maximum atomic E-state index is 12.3. The zero-order valence-electron chi connectivity index (χ0n) is 16.5. The molecule has 0 spiro atoms. The van der Waals surface area contributed by atoms with E-state index < -0.39 is 60.0 Å². The number of aromatic nitrogens is 4. The predicted molar refractivity (Wildman–Crippen MR) is 97.4 cm³/mol. The van der Waals surface area contributed by atoms with Gasteiger partial charge >= 0.3 is 17.9 Å². The van der Waals surface area contributed by atoms with Gasteiger partial charge in [-0.05, 0) is 0 Å². The molecule has 14 heteroatoms. The molecule has 2 saturated heterocycles. The SMILES string of the molecule is CC(=O)Nc1nc2c(ncn2C2OC3C(OC(C)=O)C(=O)OC3C2OC(C)=O)c(=O)[nH]1. The van der Waals surface area contributed by atoms with Crippen LogP contribution in [0.15, 0.2) is 11.1 Å². The molecule has 2 aliphatic rings. The number of imidazole rings is 1. The number of aromatic amines is 1. The van der Waals surface area contributed by atoms with E-state index in [2.05, 4.69) is 20.3 Å². The second-order valence-corrected chi connectivity index (χ2v) is 6.92. The summed E-state index contributed by atoms with van der Waals surface area (Å²) in [6.45, 7) is 3.53. The Bertz CT molecular complexity index is 1150. The standard InChI is InChI=1S/C17H17N5O9/c1-5(23)19-17-20-13-8(14(26)21-17)18-4-22(13)15-11(28-6(2)24)9-10(30-15)12(16(27)31-9)29-7(3)25/h4,9-12,15H,1-3H3,(H2,19,20,21,23,26). The molecule has 1 amide bonds. The Morgan fingerprint density at radius 2 is 1.84 bits per heavy atom. The molecule has 14 nitrogen and oxygen atoms in total. The number of amides is 1. The Labute approximate surface area is 172 Å². The van der Waals surface area contributed by atoms with Crippen LogP contribution >= 0.6 is 0 Å². The molecular weight excluding hydrogens is 418 g/mol. The Morgan fingerprint density at radius 1 is 1.13 bits per heavy atom. The Kier molecular flexibility index (Phi) is 4.93.